The fraction of sp³-hybridized carbons (Fsp3) is 0.480. The molecule has 1 saturated heterocycles. The topological polar surface area (TPSA) is 54.0 Å². The minimum Gasteiger partial charge on any atom is -0.494 e. The minimum atomic E-state index is -0.320. The largest absolute Gasteiger partial charge is 0.494 e. The van der Waals surface area contributed by atoms with Gasteiger partial charge in [-0.1, -0.05) is 13.3 Å². The molecule has 6 nitrogen and oxygen atoms in total. The zero-order valence-electron chi connectivity index (χ0n) is 19.3. The number of carbonyl (C=O) groups is 1. The van der Waals surface area contributed by atoms with E-state index in [1.807, 2.05) is 4.90 Å². The van der Waals surface area contributed by atoms with Crippen LogP contribution in [0.25, 0.3) is 0 Å². The highest BCUT2D eigenvalue weighted by Crippen LogP contribution is 2.28. The number of hydrogen-bond acceptors (Lipinski definition) is 5. The fourth-order valence-electron chi connectivity index (χ4n) is 3.81. The first-order chi connectivity index (χ1) is 15.5. The molecule has 0 radical (unpaired) electrons. The lowest BCUT2D eigenvalue weighted by Gasteiger charge is -2.22. The first kappa shape index (κ1) is 24.0. The second kappa shape index (κ2) is 11.8. The van der Waals surface area contributed by atoms with Gasteiger partial charge in [-0.2, -0.15) is 0 Å². The third-order valence-corrected chi connectivity index (χ3v) is 5.76. The summed E-state index contributed by atoms with van der Waals surface area (Å²) in [5, 5.41) is 3.43. The van der Waals surface area contributed by atoms with Crippen molar-refractivity contribution in [3.8, 4) is 5.75 Å². The van der Waals surface area contributed by atoms with Crippen molar-refractivity contribution >= 4 is 17.3 Å². The Morgan fingerprint density at radius 2 is 2.00 bits per heavy atom. The van der Waals surface area contributed by atoms with Gasteiger partial charge in [0.05, 0.1) is 18.9 Å². The molecule has 1 aliphatic rings. The van der Waals surface area contributed by atoms with Crippen molar-refractivity contribution in [2.45, 2.75) is 32.2 Å². The Balaban J connectivity index is 1.61. The van der Waals surface area contributed by atoms with Gasteiger partial charge in [-0.3, -0.25) is 4.79 Å². The van der Waals surface area contributed by atoms with E-state index in [2.05, 4.69) is 12.2 Å². The summed E-state index contributed by atoms with van der Waals surface area (Å²) in [7, 11) is 3.34. The summed E-state index contributed by atoms with van der Waals surface area (Å²) in [5.41, 5.74) is 1.62. The molecular weight excluding hydrogens is 409 g/mol. The Morgan fingerprint density at radius 3 is 2.69 bits per heavy atom. The summed E-state index contributed by atoms with van der Waals surface area (Å²) in [5.74, 6) is 0.230. The van der Waals surface area contributed by atoms with Crippen LogP contribution in [0.2, 0.25) is 0 Å². The average molecular weight is 444 g/mol. The number of anilines is 2. The lowest BCUT2D eigenvalue weighted by atomic mass is 10.1. The maximum absolute atomic E-state index is 14.9. The molecule has 3 rings (SSSR count). The van der Waals surface area contributed by atoms with E-state index in [-0.39, 0.29) is 11.7 Å². The lowest BCUT2D eigenvalue weighted by Crippen LogP contribution is -2.34. The molecule has 1 atom stereocenters. The molecule has 7 heteroatoms. The molecule has 1 N–H and O–H groups in total. The van der Waals surface area contributed by atoms with Crippen LogP contribution in [0, 0.1) is 5.82 Å². The van der Waals surface area contributed by atoms with E-state index >= 15 is 0 Å². The molecule has 2 aromatic rings. The predicted molar refractivity (Wildman–Crippen MR) is 126 cm³/mol. The molecule has 32 heavy (non-hydrogen) atoms. The third-order valence-electron chi connectivity index (χ3n) is 5.76. The predicted octanol–water partition coefficient (Wildman–Crippen LogP) is 4.10. The second-order valence-electron chi connectivity index (χ2n) is 8.10. The number of ether oxygens (including phenoxy) is 2. The van der Waals surface area contributed by atoms with Crippen molar-refractivity contribution in [2.75, 3.05) is 56.8 Å². The number of halogens is 1. The highest BCUT2D eigenvalue weighted by molar-refractivity contribution is 6.05. The number of nitrogens with zero attached hydrogens (tertiary/aromatic N) is 2. The molecule has 0 spiro atoms. The van der Waals surface area contributed by atoms with Crippen molar-refractivity contribution in [1.29, 1.82) is 0 Å². The Kier molecular flexibility index (Phi) is 8.88. The number of benzene rings is 2. The van der Waals surface area contributed by atoms with Gasteiger partial charge in [0, 0.05) is 51.1 Å². The number of hydrogen-bond donors (Lipinski definition) is 1. The van der Waals surface area contributed by atoms with E-state index in [1.165, 1.54) is 11.0 Å². The van der Waals surface area contributed by atoms with Gasteiger partial charge in [-0.25, -0.2) is 4.39 Å². The van der Waals surface area contributed by atoms with Crippen molar-refractivity contribution in [3.63, 3.8) is 0 Å². The van der Waals surface area contributed by atoms with Crippen molar-refractivity contribution in [2.24, 2.45) is 0 Å². The van der Waals surface area contributed by atoms with Crippen LogP contribution in [-0.4, -0.2) is 59.0 Å². The maximum Gasteiger partial charge on any atom is 0.258 e. The standard InChI is InChI=1S/C25H34FN3O3/c1-4-5-15-32-22-9-6-19(7-10-22)25(30)28(2)21-8-11-24(23(26)17-21)29-14-12-20(18-29)27-13-16-31-3/h6-11,17,20,27H,4-5,12-16,18H2,1-3H3. The number of unbranched alkanes of at least 4 members (excludes halogenated alkanes) is 1. The van der Waals surface area contributed by atoms with Crippen LogP contribution in [0.15, 0.2) is 42.5 Å². The molecule has 1 aliphatic heterocycles. The summed E-state index contributed by atoms with van der Waals surface area (Å²) >= 11 is 0. The van der Waals surface area contributed by atoms with E-state index in [9.17, 15) is 9.18 Å². The highest BCUT2D eigenvalue weighted by Gasteiger charge is 2.25. The highest BCUT2D eigenvalue weighted by atomic mass is 19.1. The first-order valence-corrected chi connectivity index (χ1v) is 11.3. The number of rotatable bonds is 11. The summed E-state index contributed by atoms with van der Waals surface area (Å²) in [4.78, 5) is 16.4. The van der Waals surface area contributed by atoms with Crippen molar-refractivity contribution in [1.82, 2.24) is 5.32 Å². The molecule has 1 amide bonds. The molecular formula is C25H34FN3O3. The molecule has 0 saturated carbocycles. The monoisotopic (exact) mass is 443 g/mol. The van der Waals surface area contributed by atoms with Gasteiger partial charge in [0.2, 0.25) is 0 Å². The molecule has 1 fully saturated rings. The summed E-state index contributed by atoms with van der Waals surface area (Å²) in [6, 6.07) is 12.4. The molecule has 0 bridgehead atoms. The normalized spacial score (nSPS) is 15.8. The summed E-state index contributed by atoms with van der Waals surface area (Å²) in [6.45, 7) is 5.77. The number of amides is 1. The van der Waals surface area contributed by atoms with E-state index in [4.69, 9.17) is 9.47 Å². The molecule has 0 aliphatic carbocycles. The van der Waals surface area contributed by atoms with Crippen LogP contribution in [0.3, 0.4) is 0 Å². The van der Waals surface area contributed by atoms with Crippen LogP contribution < -0.4 is 19.9 Å². The zero-order valence-corrected chi connectivity index (χ0v) is 19.3. The Morgan fingerprint density at radius 1 is 1.22 bits per heavy atom. The van der Waals surface area contributed by atoms with Gasteiger partial charge in [-0.05, 0) is 55.3 Å². The number of methoxy groups -OCH3 is 1. The van der Waals surface area contributed by atoms with E-state index < -0.39 is 0 Å². The smallest absolute Gasteiger partial charge is 0.258 e. The van der Waals surface area contributed by atoms with E-state index in [0.29, 0.717) is 36.2 Å². The van der Waals surface area contributed by atoms with Crippen LogP contribution in [0.5, 0.6) is 5.75 Å². The van der Waals surface area contributed by atoms with Gasteiger partial charge < -0.3 is 24.6 Å². The Labute approximate surface area is 190 Å². The van der Waals surface area contributed by atoms with Gasteiger partial charge in [-0.15, -0.1) is 0 Å². The molecule has 1 heterocycles. The van der Waals surface area contributed by atoms with Crippen molar-refractivity contribution in [3.05, 3.63) is 53.8 Å². The van der Waals surface area contributed by atoms with E-state index in [1.54, 1.807) is 50.6 Å². The maximum atomic E-state index is 14.9. The first-order valence-electron chi connectivity index (χ1n) is 11.3. The summed E-state index contributed by atoms with van der Waals surface area (Å²) < 4.78 is 25.6. The molecule has 174 valence electrons. The third kappa shape index (κ3) is 6.20. The van der Waals surface area contributed by atoms with Gasteiger partial charge in [0.1, 0.15) is 11.6 Å². The van der Waals surface area contributed by atoms with Crippen molar-refractivity contribution < 1.29 is 18.7 Å². The zero-order chi connectivity index (χ0) is 22.9. The molecule has 2 aromatic carbocycles. The summed E-state index contributed by atoms with van der Waals surface area (Å²) in [6.07, 6.45) is 3.02. The van der Waals surface area contributed by atoms with Gasteiger partial charge >= 0.3 is 0 Å². The van der Waals surface area contributed by atoms with E-state index in [0.717, 1.165) is 44.6 Å². The van der Waals surface area contributed by atoms with Gasteiger partial charge in [0.25, 0.3) is 5.91 Å². The molecule has 0 aromatic heterocycles. The fourth-order valence-corrected chi connectivity index (χ4v) is 3.81. The average Bonchev–Trinajstić information content (AvgIpc) is 3.27. The van der Waals surface area contributed by atoms with Crippen LogP contribution >= 0.6 is 0 Å². The van der Waals surface area contributed by atoms with Crippen LogP contribution in [0.1, 0.15) is 36.5 Å². The van der Waals surface area contributed by atoms with Gasteiger partial charge in [0.15, 0.2) is 0 Å². The number of nitrogens with one attached hydrogen (secondary N) is 1. The second-order valence-corrected chi connectivity index (χ2v) is 8.10. The van der Waals surface area contributed by atoms with Crippen LogP contribution in [0.4, 0.5) is 15.8 Å². The minimum absolute atomic E-state index is 0.194. The lowest BCUT2D eigenvalue weighted by molar-refractivity contribution is 0.0993. The number of carbonyl (C=O) groups excluding carboxylic acids is 1. The van der Waals surface area contributed by atoms with Crippen LogP contribution in [-0.2, 0) is 4.74 Å². The quantitative estimate of drug-likeness (QED) is 0.530. The Bertz CT molecular complexity index is 875. The SMILES string of the molecule is CCCCOc1ccc(C(=O)N(C)c2ccc(N3CCC(NCCOC)C3)c(F)c2)cc1. The molecule has 1 unspecified atom stereocenters. The Hall–Kier alpha value is -2.64.